The van der Waals surface area contributed by atoms with Crippen LogP contribution in [0.25, 0.3) is 0 Å². The molecule has 0 spiro atoms. The standard InChI is InChI=1S/C11H13NO/c13-10-6-7-11(12-8-10)9-4-2-1-3-5-9/h1-5,11-12H,6-8H2/t11-/m0/s1. The normalized spacial score (nSPS) is 23.1. The molecule has 2 nitrogen and oxygen atoms in total. The van der Waals surface area contributed by atoms with Crippen molar-refractivity contribution in [2.45, 2.75) is 18.9 Å². The molecule has 1 fully saturated rings. The highest BCUT2D eigenvalue weighted by atomic mass is 16.1. The molecule has 0 bridgehead atoms. The molecule has 0 unspecified atom stereocenters. The Balaban J connectivity index is 2.07. The van der Waals surface area contributed by atoms with Crippen molar-refractivity contribution in [3.63, 3.8) is 0 Å². The summed E-state index contributed by atoms with van der Waals surface area (Å²) in [5.74, 6) is 0.326. The number of Topliss-reactive ketones (excluding diaryl/α,β-unsaturated/α-hetero) is 1. The van der Waals surface area contributed by atoms with Crippen LogP contribution in [0.15, 0.2) is 30.3 Å². The fraction of sp³-hybridized carbons (Fsp3) is 0.364. The Kier molecular flexibility index (Phi) is 2.41. The predicted octanol–water partition coefficient (Wildman–Crippen LogP) is 1.68. The zero-order valence-corrected chi connectivity index (χ0v) is 7.49. The topological polar surface area (TPSA) is 29.1 Å². The van der Waals surface area contributed by atoms with Gasteiger partial charge in [0.05, 0.1) is 6.54 Å². The van der Waals surface area contributed by atoms with Crippen molar-refractivity contribution >= 4 is 5.78 Å². The molecule has 0 radical (unpaired) electrons. The van der Waals surface area contributed by atoms with Gasteiger partial charge < -0.3 is 5.32 Å². The number of hydrogen-bond acceptors (Lipinski definition) is 2. The smallest absolute Gasteiger partial charge is 0.146 e. The van der Waals surface area contributed by atoms with E-state index < -0.39 is 0 Å². The number of carbonyl (C=O) groups excluding carboxylic acids is 1. The third kappa shape index (κ3) is 1.95. The van der Waals surface area contributed by atoms with Crippen LogP contribution in [0, 0.1) is 0 Å². The molecule has 1 N–H and O–H groups in total. The Morgan fingerprint density at radius 2 is 2.00 bits per heavy atom. The largest absolute Gasteiger partial charge is 0.303 e. The van der Waals surface area contributed by atoms with E-state index in [0.717, 1.165) is 6.42 Å². The van der Waals surface area contributed by atoms with Gasteiger partial charge in [-0.15, -0.1) is 0 Å². The van der Waals surface area contributed by atoms with Gasteiger partial charge in [0.15, 0.2) is 0 Å². The van der Waals surface area contributed by atoms with Crippen molar-refractivity contribution in [2.75, 3.05) is 6.54 Å². The van der Waals surface area contributed by atoms with Gasteiger partial charge in [0.25, 0.3) is 0 Å². The first-order chi connectivity index (χ1) is 6.36. The Bertz CT molecular complexity index is 284. The first-order valence-electron chi connectivity index (χ1n) is 4.66. The van der Waals surface area contributed by atoms with Gasteiger partial charge in [-0.3, -0.25) is 4.79 Å². The number of nitrogens with one attached hydrogen (secondary N) is 1. The maximum atomic E-state index is 11.0. The van der Waals surface area contributed by atoms with E-state index in [4.69, 9.17) is 0 Å². The van der Waals surface area contributed by atoms with Crippen LogP contribution in [-0.2, 0) is 4.79 Å². The molecule has 0 saturated carbocycles. The van der Waals surface area contributed by atoms with Crippen molar-refractivity contribution in [3.05, 3.63) is 35.9 Å². The average Bonchev–Trinajstić information content (AvgIpc) is 2.20. The number of piperidine rings is 1. The SMILES string of the molecule is O=C1CC[C@@H](c2ccccc2)NC1. The van der Waals surface area contributed by atoms with E-state index in [2.05, 4.69) is 17.4 Å². The summed E-state index contributed by atoms with van der Waals surface area (Å²) in [7, 11) is 0. The van der Waals surface area contributed by atoms with E-state index in [0.29, 0.717) is 24.8 Å². The molecule has 0 amide bonds. The van der Waals surface area contributed by atoms with Crippen molar-refractivity contribution in [1.29, 1.82) is 0 Å². The van der Waals surface area contributed by atoms with Crippen molar-refractivity contribution in [3.8, 4) is 0 Å². The Morgan fingerprint density at radius 1 is 1.23 bits per heavy atom. The Hall–Kier alpha value is -1.15. The third-order valence-corrected chi connectivity index (χ3v) is 2.46. The van der Waals surface area contributed by atoms with Crippen LogP contribution in [0.2, 0.25) is 0 Å². The molecule has 0 aromatic heterocycles. The van der Waals surface area contributed by atoms with E-state index in [-0.39, 0.29) is 0 Å². The summed E-state index contributed by atoms with van der Waals surface area (Å²) in [5, 5.41) is 3.24. The third-order valence-electron chi connectivity index (χ3n) is 2.46. The molecule has 1 aromatic rings. The minimum atomic E-state index is 0.326. The molecular weight excluding hydrogens is 162 g/mol. The van der Waals surface area contributed by atoms with Crippen molar-refractivity contribution in [2.24, 2.45) is 0 Å². The summed E-state index contributed by atoms with van der Waals surface area (Å²) < 4.78 is 0. The van der Waals surface area contributed by atoms with Gasteiger partial charge in [-0.05, 0) is 12.0 Å². The average molecular weight is 175 g/mol. The quantitative estimate of drug-likeness (QED) is 0.703. The number of carbonyl (C=O) groups is 1. The molecule has 68 valence electrons. The van der Waals surface area contributed by atoms with Crippen molar-refractivity contribution in [1.82, 2.24) is 5.32 Å². The monoisotopic (exact) mass is 175 g/mol. The van der Waals surface area contributed by atoms with Crippen LogP contribution >= 0.6 is 0 Å². The van der Waals surface area contributed by atoms with Gasteiger partial charge in [-0.1, -0.05) is 30.3 Å². The summed E-state index contributed by atoms with van der Waals surface area (Å²) in [4.78, 5) is 11.0. The number of rotatable bonds is 1. The molecule has 2 heteroatoms. The number of ketones is 1. The van der Waals surface area contributed by atoms with Crippen LogP contribution in [0.4, 0.5) is 0 Å². The number of benzene rings is 1. The summed E-state index contributed by atoms with van der Waals surface area (Å²) in [6.45, 7) is 0.527. The maximum absolute atomic E-state index is 11.0. The minimum Gasteiger partial charge on any atom is -0.303 e. The molecule has 13 heavy (non-hydrogen) atoms. The highest BCUT2D eigenvalue weighted by Crippen LogP contribution is 2.20. The van der Waals surface area contributed by atoms with E-state index in [9.17, 15) is 4.79 Å². The van der Waals surface area contributed by atoms with Gasteiger partial charge >= 0.3 is 0 Å². The molecule has 1 heterocycles. The predicted molar refractivity (Wildman–Crippen MR) is 51.4 cm³/mol. The van der Waals surface area contributed by atoms with Gasteiger partial charge in [0.2, 0.25) is 0 Å². The van der Waals surface area contributed by atoms with Gasteiger partial charge in [0, 0.05) is 12.5 Å². The lowest BCUT2D eigenvalue weighted by atomic mass is 9.97. The Morgan fingerprint density at radius 3 is 2.62 bits per heavy atom. The Labute approximate surface area is 78.0 Å². The second-order valence-electron chi connectivity index (χ2n) is 3.42. The van der Waals surface area contributed by atoms with Gasteiger partial charge in [0.1, 0.15) is 5.78 Å². The zero-order chi connectivity index (χ0) is 9.10. The minimum absolute atomic E-state index is 0.326. The molecule has 0 aliphatic carbocycles. The van der Waals surface area contributed by atoms with Gasteiger partial charge in [-0.25, -0.2) is 0 Å². The maximum Gasteiger partial charge on any atom is 0.146 e. The summed E-state index contributed by atoms with van der Waals surface area (Å²) in [6, 6.07) is 10.7. The zero-order valence-electron chi connectivity index (χ0n) is 7.49. The van der Waals surface area contributed by atoms with Crippen LogP contribution in [-0.4, -0.2) is 12.3 Å². The second-order valence-corrected chi connectivity index (χ2v) is 3.42. The summed E-state index contributed by atoms with van der Waals surface area (Å²) in [6.07, 6.45) is 1.65. The summed E-state index contributed by atoms with van der Waals surface area (Å²) >= 11 is 0. The molecule has 1 atom stereocenters. The van der Waals surface area contributed by atoms with Crippen LogP contribution < -0.4 is 5.32 Å². The molecule has 1 aliphatic heterocycles. The fourth-order valence-electron chi connectivity index (χ4n) is 1.70. The fourth-order valence-corrected chi connectivity index (χ4v) is 1.70. The van der Waals surface area contributed by atoms with Crippen LogP contribution in [0.3, 0.4) is 0 Å². The second kappa shape index (κ2) is 3.71. The van der Waals surface area contributed by atoms with Gasteiger partial charge in [-0.2, -0.15) is 0 Å². The number of hydrogen-bond donors (Lipinski definition) is 1. The first kappa shape index (κ1) is 8.45. The molecule has 2 rings (SSSR count). The lowest BCUT2D eigenvalue weighted by Crippen LogP contribution is -2.33. The lowest BCUT2D eigenvalue weighted by Gasteiger charge is -2.22. The first-order valence-corrected chi connectivity index (χ1v) is 4.66. The molecular formula is C11H13NO. The van der Waals surface area contributed by atoms with Crippen LogP contribution in [0.5, 0.6) is 0 Å². The highest BCUT2D eigenvalue weighted by Gasteiger charge is 2.18. The molecule has 1 aromatic carbocycles. The summed E-state index contributed by atoms with van der Waals surface area (Å²) in [5.41, 5.74) is 1.29. The van der Waals surface area contributed by atoms with E-state index >= 15 is 0 Å². The lowest BCUT2D eigenvalue weighted by molar-refractivity contribution is -0.119. The van der Waals surface area contributed by atoms with E-state index in [1.54, 1.807) is 0 Å². The molecule has 1 saturated heterocycles. The van der Waals surface area contributed by atoms with Crippen molar-refractivity contribution < 1.29 is 4.79 Å². The molecule has 1 aliphatic rings. The van der Waals surface area contributed by atoms with Crippen LogP contribution in [0.1, 0.15) is 24.4 Å². The highest BCUT2D eigenvalue weighted by molar-refractivity contribution is 5.81. The van der Waals surface area contributed by atoms with E-state index in [1.165, 1.54) is 5.56 Å². The van der Waals surface area contributed by atoms with E-state index in [1.807, 2.05) is 18.2 Å².